The summed E-state index contributed by atoms with van der Waals surface area (Å²) >= 11 is 9.40. The number of hydrogen-bond acceptors (Lipinski definition) is 0. The Morgan fingerprint density at radius 3 is 2.35 bits per heavy atom. The lowest BCUT2D eigenvalue weighted by atomic mass is 10.0. The largest absolute Gasteiger partial charge is 0.207 e. The van der Waals surface area contributed by atoms with E-state index in [1.807, 2.05) is 30.3 Å². The van der Waals surface area contributed by atoms with Crippen molar-refractivity contribution in [1.82, 2.24) is 0 Å². The van der Waals surface area contributed by atoms with E-state index in [1.54, 1.807) is 12.1 Å². The lowest BCUT2D eigenvalue weighted by molar-refractivity contribution is 0.608. The highest BCUT2D eigenvalue weighted by atomic mass is 79.9. The minimum Gasteiger partial charge on any atom is -0.207 e. The predicted molar refractivity (Wildman–Crippen MR) is 73.2 cm³/mol. The minimum absolute atomic E-state index is 0.0941. The molecule has 0 fully saturated rings. The van der Waals surface area contributed by atoms with Gasteiger partial charge in [0.1, 0.15) is 5.82 Å². The van der Waals surface area contributed by atoms with Crippen LogP contribution in [0.15, 0.2) is 48.5 Å². The van der Waals surface area contributed by atoms with Crippen molar-refractivity contribution >= 4 is 27.5 Å². The molecule has 0 N–H and O–H groups in total. The van der Waals surface area contributed by atoms with Crippen LogP contribution in [0.3, 0.4) is 0 Å². The minimum atomic E-state index is -0.161. The zero-order chi connectivity index (χ0) is 12.3. The molecule has 0 aliphatic rings. The Morgan fingerprint density at radius 2 is 1.71 bits per heavy atom. The van der Waals surface area contributed by atoms with Gasteiger partial charge in [-0.15, -0.1) is 0 Å². The van der Waals surface area contributed by atoms with Crippen LogP contribution >= 0.6 is 27.5 Å². The molecule has 2 aromatic carbocycles. The zero-order valence-electron chi connectivity index (χ0n) is 9.04. The molecule has 0 spiro atoms. The van der Waals surface area contributed by atoms with Crippen LogP contribution in [0.1, 0.15) is 16.0 Å². The van der Waals surface area contributed by atoms with Crippen LogP contribution in [-0.2, 0) is 6.42 Å². The van der Waals surface area contributed by atoms with E-state index < -0.39 is 0 Å². The average molecular weight is 314 g/mol. The van der Waals surface area contributed by atoms with Crippen molar-refractivity contribution in [1.29, 1.82) is 0 Å². The van der Waals surface area contributed by atoms with Crippen LogP contribution in [0.2, 0.25) is 5.02 Å². The Balaban J connectivity index is 2.14. The molecule has 1 atom stereocenters. The fourth-order valence-corrected chi connectivity index (χ4v) is 2.43. The highest BCUT2D eigenvalue weighted by Gasteiger charge is 2.10. The van der Waals surface area contributed by atoms with Gasteiger partial charge in [-0.3, -0.25) is 0 Å². The van der Waals surface area contributed by atoms with Crippen molar-refractivity contribution in [3.8, 4) is 0 Å². The molecular weight excluding hydrogens is 303 g/mol. The van der Waals surface area contributed by atoms with Gasteiger partial charge < -0.3 is 0 Å². The number of halogens is 3. The standard InChI is InChI=1S/C14H11BrClF/c15-13(10-5-7-12(16)8-6-10)9-11-3-1-2-4-14(11)17/h1-8,13H,9H2. The molecule has 0 bridgehead atoms. The number of benzene rings is 2. The molecule has 0 radical (unpaired) electrons. The van der Waals surface area contributed by atoms with E-state index in [0.29, 0.717) is 17.0 Å². The third kappa shape index (κ3) is 3.30. The summed E-state index contributed by atoms with van der Waals surface area (Å²) in [4.78, 5) is 0.0941. The van der Waals surface area contributed by atoms with Gasteiger partial charge >= 0.3 is 0 Å². The lowest BCUT2D eigenvalue weighted by Crippen LogP contribution is -1.97. The van der Waals surface area contributed by atoms with E-state index in [-0.39, 0.29) is 10.6 Å². The van der Waals surface area contributed by atoms with E-state index >= 15 is 0 Å². The average Bonchev–Trinajstić information content (AvgIpc) is 2.33. The van der Waals surface area contributed by atoms with Crippen molar-refractivity contribution in [2.75, 3.05) is 0 Å². The Labute approximate surface area is 114 Å². The van der Waals surface area contributed by atoms with Gasteiger partial charge in [0.25, 0.3) is 0 Å². The summed E-state index contributed by atoms with van der Waals surface area (Å²) in [6, 6.07) is 14.4. The van der Waals surface area contributed by atoms with Crippen LogP contribution < -0.4 is 0 Å². The molecule has 2 rings (SSSR count). The third-order valence-corrected chi connectivity index (χ3v) is 3.69. The molecule has 0 aliphatic heterocycles. The normalized spacial score (nSPS) is 12.4. The Kier molecular flexibility index (Phi) is 4.19. The van der Waals surface area contributed by atoms with Crippen molar-refractivity contribution in [2.45, 2.75) is 11.2 Å². The second-order valence-electron chi connectivity index (χ2n) is 3.81. The molecule has 2 aromatic rings. The summed E-state index contributed by atoms with van der Waals surface area (Å²) in [6.45, 7) is 0. The maximum absolute atomic E-state index is 13.5. The maximum Gasteiger partial charge on any atom is 0.126 e. The van der Waals surface area contributed by atoms with Crippen LogP contribution in [-0.4, -0.2) is 0 Å². The number of hydrogen-bond donors (Lipinski definition) is 0. The van der Waals surface area contributed by atoms with Crippen LogP contribution in [0.5, 0.6) is 0 Å². The quantitative estimate of drug-likeness (QED) is 0.687. The van der Waals surface area contributed by atoms with E-state index in [0.717, 1.165) is 5.56 Å². The van der Waals surface area contributed by atoms with E-state index in [9.17, 15) is 4.39 Å². The molecule has 0 aliphatic carbocycles. The summed E-state index contributed by atoms with van der Waals surface area (Å²) in [5, 5.41) is 0.708. The smallest absolute Gasteiger partial charge is 0.126 e. The Bertz CT molecular complexity index is 496. The molecule has 0 saturated carbocycles. The van der Waals surface area contributed by atoms with Gasteiger partial charge in [-0.2, -0.15) is 0 Å². The van der Waals surface area contributed by atoms with E-state index in [4.69, 9.17) is 11.6 Å². The molecule has 1 unspecified atom stereocenters. The molecule has 0 heterocycles. The predicted octanol–water partition coefficient (Wildman–Crippen LogP) is 5.16. The van der Waals surface area contributed by atoms with Crippen molar-refractivity contribution in [2.24, 2.45) is 0 Å². The first-order valence-electron chi connectivity index (χ1n) is 5.30. The fourth-order valence-electron chi connectivity index (χ4n) is 1.65. The monoisotopic (exact) mass is 312 g/mol. The summed E-state index contributed by atoms with van der Waals surface area (Å²) in [5.41, 5.74) is 1.81. The van der Waals surface area contributed by atoms with E-state index in [1.165, 1.54) is 6.07 Å². The zero-order valence-corrected chi connectivity index (χ0v) is 11.4. The van der Waals surface area contributed by atoms with E-state index in [2.05, 4.69) is 15.9 Å². The maximum atomic E-state index is 13.5. The van der Waals surface area contributed by atoms with Crippen molar-refractivity contribution in [3.63, 3.8) is 0 Å². The molecule has 3 heteroatoms. The second-order valence-corrected chi connectivity index (χ2v) is 5.36. The summed E-state index contributed by atoms with van der Waals surface area (Å²) in [5.74, 6) is -0.161. The van der Waals surface area contributed by atoms with Gasteiger partial charge in [0.15, 0.2) is 0 Å². The fraction of sp³-hybridized carbons (Fsp3) is 0.143. The Hall–Kier alpha value is -0.860. The highest BCUT2D eigenvalue weighted by molar-refractivity contribution is 9.09. The summed E-state index contributed by atoms with van der Waals surface area (Å²) in [7, 11) is 0. The molecular formula is C14H11BrClF. The first-order valence-corrected chi connectivity index (χ1v) is 6.59. The molecule has 0 amide bonds. The molecule has 0 aromatic heterocycles. The van der Waals surface area contributed by atoms with Crippen LogP contribution in [0, 0.1) is 5.82 Å². The second kappa shape index (κ2) is 5.65. The number of rotatable bonds is 3. The third-order valence-electron chi connectivity index (χ3n) is 2.59. The van der Waals surface area contributed by atoms with Crippen LogP contribution in [0.25, 0.3) is 0 Å². The van der Waals surface area contributed by atoms with Gasteiger partial charge in [0.2, 0.25) is 0 Å². The SMILES string of the molecule is Fc1ccccc1CC(Br)c1ccc(Cl)cc1. The van der Waals surface area contributed by atoms with Gasteiger partial charge in [0, 0.05) is 9.85 Å². The van der Waals surface area contributed by atoms with Gasteiger partial charge in [-0.05, 0) is 35.7 Å². The van der Waals surface area contributed by atoms with Gasteiger partial charge in [-0.1, -0.05) is 57.9 Å². The molecule has 17 heavy (non-hydrogen) atoms. The topological polar surface area (TPSA) is 0 Å². The van der Waals surface area contributed by atoms with Gasteiger partial charge in [-0.25, -0.2) is 4.39 Å². The summed E-state index contributed by atoms with van der Waals surface area (Å²) in [6.07, 6.45) is 0.619. The first-order chi connectivity index (χ1) is 8.16. The molecule has 0 saturated heterocycles. The number of alkyl halides is 1. The molecule has 88 valence electrons. The van der Waals surface area contributed by atoms with Gasteiger partial charge in [0.05, 0.1) is 0 Å². The van der Waals surface area contributed by atoms with Crippen molar-refractivity contribution < 1.29 is 4.39 Å². The lowest BCUT2D eigenvalue weighted by Gasteiger charge is -2.11. The highest BCUT2D eigenvalue weighted by Crippen LogP contribution is 2.28. The van der Waals surface area contributed by atoms with Crippen molar-refractivity contribution in [3.05, 3.63) is 70.5 Å². The molecule has 0 nitrogen and oxygen atoms in total. The van der Waals surface area contributed by atoms with Crippen LogP contribution in [0.4, 0.5) is 4.39 Å². The summed E-state index contributed by atoms with van der Waals surface area (Å²) < 4.78 is 13.5. The first kappa shape index (κ1) is 12.6. The Morgan fingerprint density at radius 1 is 1.06 bits per heavy atom.